The van der Waals surface area contributed by atoms with Crippen LogP contribution in [0.25, 0.3) is 0 Å². The summed E-state index contributed by atoms with van der Waals surface area (Å²) in [4.78, 5) is 0. The van der Waals surface area contributed by atoms with E-state index >= 15 is 0 Å². The maximum absolute atomic E-state index is 12.5. The monoisotopic (exact) mass is 222 g/mol. The molecule has 0 spiro atoms. The molecular formula is C10H10ClF3. The lowest BCUT2D eigenvalue weighted by Gasteiger charge is -2.18. The Bertz CT molecular complexity index is 289. The first kappa shape index (κ1) is 11.4. The van der Waals surface area contributed by atoms with Crippen molar-refractivity contribution < 1.29 is 13.2 Å². The Kier molecular flexibility index (Phi) is 3.43. The lowest BCUT2D eigenvalue weighted by molar-refractivity contribution is -0.151. The number of hydrogen-bond acceptors (Lipinski definition) is 0. The Morgan fingerprint density at radius 3 is 2.07 bits per heavy atom. The summed E-state index contributed by atoms with van der Waals surface area (Å²) < 4.78 is 37.4. The lowest BCUT2D eigenvalue weighted by atomic mass is 9.96. The fourth-order valence-corrected chi connectivity index (χ4v) is 1.48. The van der Waals surface area contributed by atoms with Gasteiger partial charge < -0.3 is 0 Å². The second-order valence-corrected chi connectivity index (χ2v) is 3.49. The molecule has 1 rings (SSSR count). The zero-order chi connectivity index (χ0) is 10.8. The van der Waals surface area contributed by atoms with E-state index in [0.29, 0.717) is 5.02 Å². The third-order valence-corrected chi connectivity index (χ3v) is 2.33. The van der Waals surface area contributed by atoms with Crippen LogP contribution in [0.15, 0.2) is 24.3 Å². The highest BCUT2D eigenvalue weighted by Crippen LogP contribution is 2.37. The van der Waals surface area contributed by atoms with Crippen LogP contribution in [0, 0.1) is 0 Å². The van der Waals surface area contributed by atoms with Crippen LogP contribution in [0.5, 0.6) is 0 Å². The van der Waals surface area contributed by atoms with E-state index in [1.54, 1.807) is 0 Å². The summed E-state index contributed by atoms with van der Waals surface area (Å²) in [7, 11) is 0. The summed E-state index contributed by atoms with van der Waals surface area (Å²) in [5.74, 6) is -1.39. The average Bonchev–Trinajstić information content (AvgIpc) is 2.07. The van der Waals surface area contributed by atoms with E-state index in [9.17, 15) is 13.2 Å². The van der Waals surface area contributed by atoms with E-state index < -0.39 is 12.1 Å². The highest BCUT2D eigenvalue weighted by Gasteiger charge is 2.39. The van der Waals surface area contributed by atoms with Crippen LogP contribution >= 0.6 is 11.6 Å². The summed E-state index contributed by atoms with van der Waals surface area (Å²) in [6.07, 6.45) is -4.13. The predicted octanol–water partition coefficient (Wildman–Crippen LogP) is 4.40. The number of hydrogen-bond donors (Lipinski definition) is 0. The number of alkyl halides is 3. The van der Waals surface area contributed by atoms with Crippen molar-refractivity contribution in [2.24, 2.45) is 0 Å². The molecule has 0 radical (unpaired) electrons. The summed E-state index contributed by atoms with van der Waals surface area (Å²) in [6, 6.07) is 5.80. The molecule has 0 aromatic heterocycles. The lowest BCUT2D eigenvalue weighted by Crippen LogP contribution is -2.19. The quantitative estimate of drug-likeness (QED) is 0.696. The first-order valence-electron chi connectivity index (χ1n) is 4.27. The minimum atomic E-state index is -4.18. The third kappa shape index (κ3) is 2.64. The minimum absolute atomic E-state index is 0.0468. The van der Waals surface area contributed by atoms with Gasteiger partial charge in [0, 0.05) is 5.02 Å². The first-order chi connectivity index (χ1) is 6.45. The minimum Gasteiger partial charge on any atom is -0.170 e. The molecule has 14 heavy (non-hydrogen) atoms. The maximum atomic E-state index is 12.5. The van der Waals surface area contributed by atoms with E-state index in [0.717, 1.165) is 0 Å². The summed E-state index contributed by atoms with van der Waals surface area (Å²) in [6.45, 7) is 1.52. The van der Waals surface area contributed by atoms with E-state index in [1.807, 2.05) is 0 Å². The van der Waals surface area contributed by atoms with Crippen molar-refractivity contribution in [3.8, 4) is 0 Å². The van der Waals surface area contributed by atoms with Gasteiger partial charge in [0.05, 0.1) is 5.92 Å². The zero-order valence-electron chi connectivity index (χ0n) is 7.61. The normalized spacial score (nSPS) is 14.1. The van der Waals surface area contributed by atoms with Crippen LogP contribution in [0.1, 0.15) is 24.8 Å². The predicted molar refractivity (Wildman–Crippen MR) is 50.5 cm³/mol. The highest BCUT2D eigenvalue weighted by atomic mass is 35.5. The van der Waals surface area contributed by atoms with Gasteiger partial charge in [-0.25, -0.2) is 0 Å². The molecule has 0 saturated carbocycles. The fraction of sp³-hybridized carbons (Fsp3) is 0.400. The first-order valence-corrected chi connectivity index (χ1v) is 4.65. The van der Waals surface area contributed by atoms with E-state index in [4.69, 9.17) is 11.6 Å². The number of benzene rings is 1. The molecule has 0 aliphatic rings. The van der Waals surface area contributed by atoms with Crippen molar-refractivity contribution in [1.29, 1.82) is 0 Å². The van der Waals surface area contributed by atoms with E-state index in [-0.39, 0.29) is 12.0 Å². The second-order valence-electron chi connectivity index (χ2n) is 3.05. The molecule has 0 bridgehead atoms. The smallest absolute Gasteiger partial charge is 0.170 e. The average molecular weight is 223 g/mol. The van der Waals surface area contributed by atoms with Gasteiger partial charge in [-0.05, 0) is 24.1 Å². The van der Waals surface area contributed by atoms with Crippen molar-refractivity contribution in [3.63, 3.8) is 0 Å². The van der Waals surface area contributed by atoms with Crippen molar-refractivity contribution in [2.45, 2.75) is 25.4 Å². The second kappa shape index (κ2) is 4.22. The molecule has 0 amide bonds. The van der Waals surface area contributed by atoms with Crippen molar-refractivity contribution in [3.05, 3.63) is 34.9 Å². The molecule has 4 heteroatoms. The molecule has 0 heterocycles. The summed E-state index contributed by atoms with van der Waals surface area (Å²) >= 11 is 5.59. The van der Waals surface area contributed by atoms with E-state index in [2.05, 4.69) is 0 Å². The topological polar surface area (TPSA) is 0 Å². The molecule has 0 saturated heterocycles. The van der Waals surface area contributed by atoms with Crippen molar-refractivity contribution in [1.82, 2.24) is 0 Å². The van der Waals surface area contributed by atoms with Crippen molar-refractivity contribution in [2.75, 3.05) is 0 Å². The number of halogens is 4. The van der Waals surface area contributed by atoms with Crippen LogP contribution in [0.4, 0.5) is 13.2 Å². The fourth-order valence-electron chi connectivity index (χ4n) is 1.35. The molecule has 0 aliphatic heterocycles. The largest absolute Gasteiger partial charge is 0.395 e. The number of rotatable bonds is 2. The van der Waals surface area contributed by atoms with Gasteiger partial charge in [0.15, 0.2) is 0 Å². The molecule has 0 N–H and O–H groups in total. The highest BCUT2D eigenvalue weighted by molar-refractivity contribution is 6.30. The molecule has 1 atom stereocenters. The molecule has 0 aliphatic carbocycles. The third-order valence-electron chi connectivity index (χ3n) is 2.08. The van der Waals surface area contributed by atoms with Gasteiger partial charge in [-0.3, -0.25) is 0 Å². The van der Waals surface area contributed by atoms with Crippen LogP contribution < -0.4 is 0 Å². The van der Waals surface area contributed by atoms with Gasteiger partial charge in [0.2, 0.25) is 0 Å². The SMILES string of the molecule is CC[C@H](c1ccc(Cl)cc1)C(F)(F)F. The van der Waals surface area contributed by atoms with Gasteiger partial charge in [-0.2, -0.15) is 13.2 Å². The molecule has 0 unspecified atom stereocenters. The van der Waals surface area contributed by atoms with Gasteiger partial charge >= 0.3 is 6.18 Å². The maximum Gasteiger partial charge on any atom is 0.395 e. The Labute approximate surface area is 85.7 Å². The Balaban J connectivity index is 2.96. The molecule has 1 aromatic carbocycles. The van der Waals surface area contributed by atoms with Crippen LogP contribution in [0.3, 0.4) is 0 Å². The van der Waals surface area contributed by atoms with E-state index in [1.165, 1.54) is 31.2 Å². The van der Waals surface area contributed by atoms with Crippen LogP contribution in [-0.2, 0) is 0 Å². The van der Waals surface area contributed by atoms with Gasteiger partial charge in [0.25, 0.3) is 0 Å². The molecule has 0 fully saturated rings. The Hall–Kier alpha value is -0.700. The van der Waals surface area contributed by atoms with Crippen LogP contribution in [-0.4, -0.2) is 6.18 Å². The summed E-state index contributed by atoms with van der Waals surface area (Å²) in [5.41, 5.74) is 0.268. The zero-order valence-corrected chi connectivity index (χ0v) is 8.36. The molecule has 78 valence electrons. The molecule has 0 nitrogen and oxygen atoms in total. The Morgan fingerprint density at radius 1 is 1.21 bits per heavy atom. The molecule has 1 aromatic rings. The molecular weight excluding hydrogens is 213 g/mol. The van der Waals surface area contributed by atoms with Crippen molar-refractivity contribution >= 4 is 11.6 Å². The van der Waals surface area contributed by atoms with Gasteiger partial charge in [-0.15, -0.1) is 0 Å². The summed E-state index contributed by atoms with van der Waals surface area (Å²) in [5, 5.41) is 0.450. The Morgan fingerprint density at radius 2 is 1.71 bits per heavy atom. The van der Waals surface area contributed by atoms with Crippen LogP contribution in [0.2, 0.25) is 5.02 Å². The standard InChI is InChI=1S/C10H10ClF3/c1-2-9(10(12,13)14)7-3-5-8(11)6-4-7/h3-6,9H,2H2,1H3/t9-/m1/s1. The van der Waals surface area contributed by atoms with Gasteiger partial charge in [-0.1, -0.05) is 30.7 Å². The van der Waals surface area contributed by atoms with Gasteiger partial charge in [0.1, 0.15) is 0 Å².